The van der Waals surface area contributed by atoms with E-state index in [9.17, 15) is 9.90 Å². The molecule has 0 saturated heterocycles. The molecule has 1 heterocycles. The van der Waals surface area contributed by atoms with Gasteiger partial charge in [-0.25, -0.2) is 0 Å². The molecule has 0 aromatic heterocycles. The highest BCUT2D eigenvalue weighted by Crippen LogP contribution is 2.29. The molecule has 1 aliphatic heterocycles. The molecule has 2 rings (SSSR count). The van der Waals surface area contributed by atoms with Crippen molar-refractivity contribution < 1.29 is 9.90 Å². The molecule has 2 N–H and O–H groups in total. The lowest BCUT2D eigenvalue weighted by molar-refractivity contribution is -0.124. The van der Waals surface area contributed by atoms with Gasteiger partial charge in [0, 0.05) is 12.7 Å². The second-order valence-electron chi connectivity index (χ2n) is 8.37. The lowest BCUT2D eigenvalue weighted by Gasteiger charge is -2.37. The molecular formula is C23H38N2O2. The number of benzene rings is 1. The monoisotopic (exact) mass is 374 g/mol. The van der Waals surface area contributed by atoms with Crippen LogP contribution in [0.15, 0.2) is 18.2 Å². The van der Waals surface area contributed by atoms with Gasteiger partial charge < -0.3 is 15.3 Å². The van der Waals surface area contributed by atoms with Crippen LogP contribution in [0.3, 0.4) is 0 Å². The second-order valence-corrected chi connectivity index (χ2v) is 8.37. The smallest absolute Gasteiger partial charge is 0.243 e. The Morgan fingerprint density at radius 2 is 1.89 bits per heavy atom. The number of aryl methyl sites for hydroxylation is 1. The molecule has 4 heteroatoms. The zero-order valence-corrected chi connectivity index (χ0v) is 17.6. The lowest BCUT2D eigenvalue weighted by atomic mass is 9.93. The maximum atomic E-state index is 12.7. The Labute approximate surface area is 165 Å². The summed E-state index contributed by atoms with van der Waals surface area (Å²) in [5.41, 5.74) is 3.69. The molecular weight excluding hydrogens is 336 g/mol. The van der Waals surface area contributed by atoms with Crippen LogP contribution in [0, 0.1) is 5.92 Å². The van der Waals surface area contributed by atoms with Crippen molar-refractivity contribution in [2.24, 2.45) is 5.92 Å². The van der Waals surface area contributed by atoms with Gasteiger partial charge in [0.05, 0.1) is 12.6 Å². The molecule has 1 aromatic carbocycles. The Bertz CT molecular complexity index is 600. The van der Waals surface area contributed by atoms with E-state index < -0.39 is 0 Å². The number of hydrogen-bond acceptors (Lipinski definition) is 3. The maximum Gasteiger partial charge on any atom is 0.243 e. The van der Waals surface area contributed by atoms with Gasteiger partial charge in [-0.1, -0.05) is 65.0 Å². The number of aliphatic hydroxyl groups excluding tert-OH is 1. The van der Waals surface area contributed by atoms with E-state index in [4.69, 9.17) is 0 Å². The van der Waals surface area contributed by atoms with Gasteiger partial charge in [-0.2, -0.15) is 0 Å². The van der Waals surface area contributed by atoms with Crippen LogP contribution in [0.5, 0.6) is 0 Å². The number of aliphatic hydroxyl groups is 1. The van der Waals surface area contributed by atoms with Crippen LogP contribution in [-0.2, 0) is 17.6 Å². The first-order valence-electron chi connectivity index (χ1n) is 10.7. The first-order valence-corrected chi connectivity index (χ1v) is 10.7. The lowest BCUT2D eigenvalue weighted by Crippen LogP contribution is -2.54. The van der Waals surface area contributed by atoms with Crippen molar-refractivity contribution in [2.75, 3.05) is 18.6 Å². The molecule has 27 heavy (non-hydrogen) atoms. The largest absolute Gasteiger partial charge is 0.394 e. The van der Waals surface area contributed by atoms with E-state index in [0.717, 1.165) is 12.1 Å². The zero-order chi connectivity index (χ0) is 19.8. The van der Waals surface area contributed by atoms with Crippen molar-refractivity contribution in [1.82, 2.24) is 5.32 Å². The fraction of sp³-hybridized carbons (Fsp3) is 0.696. The third-order valence-electron chi connectivity index (χ3n) is 5.70. The first kappa shape index (κ1) is 21.7. The molecule has 0 unspecified atom stereocenters. The molecule has 1 aliphatic rings. The SMILES string of the molecule is CCCCCCCCc1ccc2c(c1)N(C)[C@@H](C(C)C)C(=O)N[C@H](CO)C2. The van der Waals surface area contributed by atoms with Crippen molar-refractivity contribution in [3.05, 3.63) is 29.3 Å². The molecule has 152 valence electrons. The number of amides is 1. The predicted octanol–water partition coefficient (Wildman–Crippen LogP) is 4.08. The van der Waals surface area contributed by atoms with Crippen LogP contribution in [0.4, 0.5) is 5.69 Å². The number of nitrogens with one attached hydrogen (secondary N) is 1. The van der Waals surface area contributed by atoms with Gasteiger partial charge in [-0.05, 0) is 42.4 Å². The molecule has 0 bridgehead atoms. The summed E-state index contributed by atoms with van der Waals surface area (Å²) in [6, 6.07) is 6.25. The van der Waals surface area contributed by atoms with Crippen LogP contribution in [0.1, 0.15) is 70.4 Å². The minimum Gasteiger partial charge on any atom is -0.394 e. The number of anilines is 1. The van der Waals surface area contributed by atoms with Crippen LogP contribution < -0.4 is 10.2 Å². The number of nitrogens with zero attached hydrogens (tertiary/aromatic N) is 1. The molecule has 0 spiro atoms. The van der Waals surface area contributed by atoms with Crippen molar-refractivity contribution in [3.63, 3.8) is 0 Å². The first-order chi connectivity index (χ1) is 13.0. The Morgan fingerprint density at radius 3 is 2.56 bits per heavy atom. The second kappa shape index (κ2) is 10.7. The van der Waals surface area contributed by atoms with Gasteiger partial charge in [-0.15, -0.1) is 0 Å². The van der Waals surface area contributed by atoms with Gasteiger partial charge in [0.1, 0.15) is 6.04 Å². The van der Waals surface area contributed by atoms with Crippen LogP contribution in [0.2, 0.25) is 0 Å². The summed E-state index contributed by atoms with van der Waals surface area (Å²) in [5.74, 6) is 0.209. The number of likely N-dealkylation sites (N-methyl/N-ethyl adjacent to an activating group) is 1. The van der Waals surface area contributed by atoms with Gasteiger partial charge >= 0.3 is 0 Å². The van der Waals surface area contributed by atoms with Crippen LogP contribution in [-0.4, -0.2) is 36.8 Å². The van der Waals surface area contributed by atoms with E-state index in [1.165, 1.54) is 49.7 Å². The van der Waals surface area contributed by atoms with Crippen LogP contribution in [0.25, 0.3) is 0 Å². The minimum atomic E-state index is -0.220. The summed E-state index contributed by atoms with van der Waals surface area (Å²) in [6.07, 6.45) is 9.57. The number of fused-ring (bicyclic) bond motifs is 1. The molecule has 0 fully saturated rings. The number of carbonyl (C=O) groups excluding carboxylic acids is 1. The van der Waals surface area contributed by atoms with E-state index in [-0.39, 0.29) is 30.5 Å². The highest BCUT2D eigenvalue weighted by Gasteiger charge is 2.32. The predicted molar refractivity (Wildman–Crippen MR) is 113 cm³/mol. The Balaban J connectivity index is 2.15. The Kier molecular flexibility index (Phi) is 8.62. The zero-order valence-electron chi connectivity index (χ0n) is 17.6. The molecule has 0 aliphatic carbocycles. The maximum absolute atomic E-state index is 12.7. The molecule has 2 atom stereocenters. The Morgan fingerprint density at radius 1 is 1.19 bits per heavy atom. The molecule has 1 amide bonds. The summed E-state index contributed by atoms with van der Waals surface area (Å²) in [4.78, 5) is 14.8. The summed E-state index contributed by atoms with van der Waals surface area (Å²) < 4.78 is 0. The van der Waals surface area contributed by atoms with E-state index in [0.29, 0.717) is 6.42 Å². The number of hydrogen-bond donors (Lipinski definition) is 2. The summed E-state index contributed by atoms with van der Waals surface area (Å²) in [7, 11) is 2.02. The highest BCUT2D eigenvalue weighted by molar-refractivity contribution is 5.86. The van der Waals surface area contributed by atoms with Crippen molar-refractivity contribution >= 4 is 11.6 Å². The van der Waals surface area contributed by atoms with Gasteiger partial charge in [0.2, 0.25) is 5.91 Å². The van der Waals surface area contributed by atoms with E-state index in [1.807, 2.05) is 7.05 Å². The molecule has 4 nitrogen and oxygen atoms in total. The van der Waals surface area contributed by atoms with Crippen LogP contribution >= 0.6 is 0 Å². The fourth-order valence-corrected chi connectivity index (χ4v) is 4.16. The van der Waals surface area contributed by atoms with Crippen molar-refractivity contribution in [2.45, 2.75) is 84.2 Å². The van der Waals surface area contributed by atoms with Gasteiger partial charge in [0.15, 0.2) is 0 Å². The summed E-state index contributed by atoms with van der Waals surface area (Å²) in [6.45, 7) is 6.38. The highest BCUT2D eigenvalue weighted by atomic mass is 16.3. The molecule has 1 aromatic rings. The summed E-state index contributed by atoms with van der Waals surface area (Å²) in [5, 5.41) is 12.7. The van der Waals surface area contributed by atoms with Crippen molar-refractivity contribution in [1.29, 1.82) is 0 Å². The van der Waals surface area contributed by atoms with E-state index in [1.54, 1.807) is 0 Å². The average molecular weight is 375 g/mol. The third kappa shape index (κ3) is 5.97. The average Bonchev–Trinajstić information content (AvgIpc) is 2.63. The van der Waals surface area contributed by atoms with Gasteiger partial charge in [-0.3, -0.25) is 4.79 Å². The standard InChI is InChI=1S/C23H38N2O2/c1-5-6-7-8-9-10-11-18-12-13-19-15-20(16-26)24-23(27)22(17(2)3)25(4)21(19)14-18/h12-14,17,20,22,26H,5-11,15-16H2,1-4H3,(H,24,27)/t20-,22-/m0/s1. The van der Waals surface area contributed by atoms with Gasteiger partial charge in [0.25, 0.3) is 0 Å². The Hall–Kier alpha value is -1.55. The van der Waals surface area contributed by atoms with Crippen molar-refractivity contribution in [3.8, 4) is 0 Å². The summed E-state index contributed by atoms with van der Waals surface area (Å²) >= 11 is 0. The van der Waals surface area contributed by atoms with E-state index in [2.05, 4.69) is 49.2 Å². The minimum absolute atomic E-state index is 0.0125. The number of rotatable bonds is 9. The molecule has 0 saturated carbocycles. The number of carbonyl (C=O) groups is 1. The van der Waals surface area contributed by atoms with E-state index >= 15 is 0 Å². The fourth-order valence-electron chi connectivity index (χ4n) is 4.16. The third-order valence-corrected chi connectivity index (χ3v) is 5.70. The topological polar surface area (TPSA) is 52.6 Å². The quantitative estimate of drug-likeness (QED) is 0.640. The number of unbranched alkanes of at least 4 members (excludes halogenated alkanes) is 5. The normalized spacial score (nSPS) is 20.2. The molecule has 0 radical (unpaired) electrons.